The fraction of sp³-hybridized carbons (Fsp3) is 0.667. The summed E-state index contributed by atoms with van der Waals surface area (Å²) in [5.41, 5.74) is 6.04. The Morgan fingerprint density at radius 3 is 2.00 bits per heavy atom. The Bertz CT molecular complexity index is 898. The zero-order valence-corrected chi connectivity index (χ0v) is 18.2. The predicted molar refractivity (Wildman–Crippen MR) is 106 cm³/mol. The lowest BCUT2D eigenvalue weighted by Crippen LogP contribution is -2.65. The smallest absolute Gasteiger partial charge is 0.229 e. The number of hydrogen-bond donors (Lipinski definition) is 7. The average Bonchev–Trinajstić information content (AvgIpc) is 2.78. The zero-order chi connectivity index (χ0) is 25.2. The molecule has 2 aliphatic heterocycles. The molecule has 0 aliphatic carbocycles. The second-order valence-corrected chi connectivity index (χ2v) is 8.68. The first-order valence-corrected chi connectivity index (χ1v) is 11.3. The molecule has 0 spiro atoms. The van der Waals surface area contributed by atoms with E-state index in [-0.39, 0.29) is 5.75 Å². The van der Waals surface area contributed by atoms with E-state index >= 15 is 0 Å². The fourth-order valence-electron chi connectivity index (χ4n) is 3.57. The average molecular weight is 512 g/mol. The van der Waals surface area contributed by atoms with Crippen LogP contribution in [0, 0.1) is 0 Å². The summed E-state index contributed by atoms with van der Waals surface area (Å²) in [6.07, 6.45) is -17.5. The van der Waals surface area contributed by atoms with Gasteiger partial charge in [-0.25, -0.2) is 8.42 Å². The van der Waals surface area contributed by atoms with Crippen LogP contribution in [-0.4, -0.2) is 118 Å². The normalized spacial score (nSPS) is 39.0. The standard InChI is InChI=1S/C18H27NO14S/c19-7-1-3-8(4-2-7)29-17-13(24)12(23)15(10(6-21)31-17)32-18-14(25)16(33-34(26,27)28)11(22)9(5-20)30-18/h1-4,9-18,20-25H,5-6,19H2,(H,26,27,28)/p-1/t9-,10-,11+,12-,13-,14-,15-,16+,17-,18+/m1/s1. The van der Waals surface area contributed by atoms with Gasteiger partial charge in [-0.1, -0.05) is 0 Å². The third-order valence-corrected chi connectivity index (χ3v) is 5.75. The first-order valence-electron chi connectivity index (χ1n) is 10.0. The maximum Gasteiger partial charge on any atom is 0.229 e. The molecule has 2 saturated heterocycles. The highest BCUT2D eigenvalue weighted by Gasteiger charge is 2.52. The highest BCUT2D eigenvalue weighted by molar-refractivity contribution is 7.80. The van der Waals surface area contributed by atoms with Crippen molar-refractivity contribution in [3.8, 4) is 5.75 Å². The van der Waals surface area contributed by atoms with E-state index in [0.29, 0.717) is 5.69 Å². The van der Waals surface area contributed by atoms with Crippen molar-refractivity contribution in [1.29, 1.82) is 0 Å². The molecule has 16 heteroatoms. The molecule has 0 bridgehead atoms. The van der Waals surface area contributed by atoms with Gasteiger partial charge in [0.25, 0.3) is 0 Å². The van der Waals surface area contributed by atoms with Crippen LogP contribution < -0.4 is 10.5 Å². The molecule has 3 rings (SSSR count). The van der Waals surface area contributed by atoms with Gasteiger partial charge in [-0.15, -0.1) is 0 Å². The quantitative estimate of drug-likeness (QED) is 0.0989. The topological polar surface area (TPSA) is 251 Å². The molecule has 10 atom stereocenters. The second kappa shape index (κ2) is 10.9. The van der Waals surface area contributed by atoms with Crippen molar-refractivity contribution in [2.75, 3.05) is 18.9 Å². The van der Waals surface area contributed by atoms with Crippen LogP contribution in [0.25, 0.3) is 0 Å². The van der Waals surface area contributed by atoms with Crippen LogP contribution in [0.5, 0.6) is 5.75 Å². The number of nitrogen functional groups attached to an aromatic ring is 1. The van der Waals surface area contributed by atoms with Gasteiger partial charge in [0, 0.05) is 5.69 Å². The fourth-order valence-corrected chi connectivity index (χ4v) is 4.07. The van der Waals surface area contributed by atoms with Gasteiger partial charge >= 0.3 is 0 Å². The molecule has 2 aliphatic rings. The summed E-state index contributed by atoms with van der Waals surface area (Å²) in [6, 6.07) is 5.99. The molecule has 1 aromatic rings. The van der Waals surface area contributed by atoms with Gasteiger partial charge in [0.1, 0.15) is 54.6 Å². The van der Waals surface area contributed by atoms with Crippen molar-refractivity contribution >= 4 is 16.1 Å². The summed E-state index contributed by atoms with van der Waals surface area (Å²) in [5.74, 6) is 0.228. The molecule has 194 valence electrons. The van der Waals surface area contributed by atoms with Crippen molar-refractivity contribution in [2.45, 2.75) is 61.4 Å². The summed E-state index contributed by atoms with van der Waals surface area (Å²) in [5, 5.41) is 60.6. The third-order valence-electron chi connectivity index (χ3n) is 5.30. The summed E-state index contributed by atoms with van der Waals surface area (Å²) in [6.45, 7) is -1.65. The minimum absolute atomic E-state index is 0.228. The van der Waals surface area contributed by atoms with Crippen molar-refractivity contribution in [3.05, 3.63) is 24.3 Å². The summed E-state index contributed by atoms with van der Waals surface area (Å²) >= 11 is 0. The maximum absolute atomic E-state index is 11.0. The molecule has 0 aromatic heterocycles. The van der Waals surface area contributed by atoms with Crippen molar-refractivity contribution in [3.63, 3.8) is 0 Å². The van der Waals surface area contributed by atoms with Crippen molar-refractivity contribution in [1.82, 2.24) is 0 Å². The van der Waals surface area contributed by atoms with Crippen molar-refractivity contribution < 1.29 is 66.7 Å². The van der Waals surface area contributed by atoms with Crippen LogP contribution in [-0.2, 0) is 28.8 Å². The highest BCUT2D eigenvalue weighted by Crippen LogP contribution is 2.31. The Hall–Kier alpha value is -1.67. The van der Waals surface area contributed by atoms with E-state index in [1.165, 1.54) is 24.3 Å². The number of ether oxygens (including phenoxy) is 4. The predicted octanol–water partition coefficient (Wildman–Crippen LogP) is -4.24. The first-order chi connectivity index (χ1) is 15.9. The second-order valence-electron chi connectivity index (χ2n) is 7.67. The molecular formula is C18H26NO14S-. The Kier molecular flexibility index (Phi) is 8.66. The lowest BCUT2D eigenvalue weighted by atomic mass is 9.97. The number of nitrogens with two attached hydrogens (primary N) is 1. The summed E-state index contributed by atoms with van der Waals surface area (Å²) < 4.78 is 58.7. The lowest BCUT2D eigenvalue weighted by molar-refractivity contribution is -0.350. The lowest BCUT2D eigenvalue weighted by Gasteiger charge is -2.46. The van der Waals surface area contributed by atoms with E-state index in [1.54, 1.807) is 0 Å². The highest BCUT2D eigenvalue weighted by atomic mass is 32.3. The largest absolute Gasteiger partial charge is 0.726 e. The Morgan fingerprint density at radius 1 is 0.853 bits per heavy atom. The van der Waals surface area contributed by atoms with Crippen LogP contribution in [0.1, 0.15) is 0 Å². The molecule has 15 nitrogen and oxygen atoms in total. The molecule has 8 N–H and O–H groups in total. The molecule has 1 aromatic carbocycles. The first kappa shape index (κ1) is 26.9. The molecule has 0 amide bonds. The molecule has 2 heterocycles. The summed E-state index contributed by atoms with van der Waals surface area (Å²) in [7, 11) is -5.39. The number of benzene rings is 1. The van der Waals surface area contributed by atoms with Crippen LogP contribution in [0.15, 0.2) is 24.3 Å². The maximum atomic E-state index is 11.0. The van der Waals surface area contributed by atoms with E-state index < -0.39 is 85.0 Å². The van der Waals surface area contributed by atoms with Gasteiger partial charge in [0.05, 0.1) is 13.2 Å². The molecule has 0 unspecified atom stereocenters. The number of aliphatic hydroxyl groups is 6. The number of rotatable bonds is 8. The molecule has 34 heavy (non-hydrogen) atoms. The molecular weight excluding hydrogens is 486 g/mol. The van der Waals surface area contributed by atoms with Gasteiger partial charge < -0.3 is 59.9 Å². The van der Waals surface area contributed by atoms with Gasteiger partial charge in [-0.05, 0) is 24.3 Å². The van der Waals surface area contributed by atoms with E-state index in [1.807, 2.05) is 0 Å². The van der Waals surface area contributed by atoms with Crippen LogP contribution >= 0.6 is 0 Å². The number of hydrogen-bond acceptors (Lipinski definition) is 15. The monoisotopic (exact) mass is 512 g/mol. The molecule has 0 radical (unpaired) electrons. The van der Waals surface area contributed by atoms with E-state index in [2.05, 4.69) is 4.18 Å². The molecule has 0 saturated carbocycles. The number of anilines is 1. The van der Waals surface area contributed by atoms with Gasteiger partial charge in [0.2, 0.25) is 16.7 Å². The van der Waals surface area contributed by atoms with Gasteiger partial charge in [-0.2, -0.15) is 0 Å². The minimum Gasteiger partial charge on any atom is -0.726 e. The van der Waals surface area contributed by atoms with Crippen LogP contribution in [0.2, 0.25) is 0 Å². The SMILES string of the molecule is Nc1ccc(O[C@@H]2O[C@H](CO)[C@@H](O[C@@H]3O[C@H](CO)[C@H](O)[C@H](OS(=O)(=O)[O-])[C@H]3O)[C@H](O)[C@H]2O)cc1. The Labute approximate surface area is 193 Å². The van der Waals surface area contributed by atoms with Crippen LogP contribution in [0.3, 0.4) is 0 Å². The van der Waals surface area contributed by atoms with Crippen molar-refractivity contribution in [2.24, 2.45) is 0 Å². The Morgan fingerprint density at radius 2 is 1.44 bits per heavy atom. The van der Waals surface area contributed by atoms with Crippen LogP contribution in [0.4, 0.5) is 5.69 Å². The third kappa shape index (κ3) is 6.11. The van der Waals surface area contributed by atoms with E-state index in [9.17, 15) is 43.6 Å². The van der Waals surface area contributed by atoms with Gasteiger partial charge in [0.15, 0.2) is 6.29 Å². The Balaban J connectivity index is 1.76. The molecule has 2 fully saturated rings. The zero-order valence-electron chi connectivity index (χ0n) is 17.4. The van der Waals surface area contributed by atoms with E-state index in [0.717, 1.165) is 0 Å². The minimum atomic E-state index is -5.39. The van der Waals surface area contributed by atoms with E-state index in [4.69, 9.17) is 24.7 Å². The number of aliphatic hydroxyl groups excluding tert-OH is 6. The van der Waals surface area contributed by atoms with Gasteiger partial charge in [-0.3, -0.25) is 4.18 Å². The summed E-state index contributed by atoms with van der Waals surface area (Å²) in [4.78, 5) is 0.